The molecule has 0 saturated carbocycles. The van der Waals surface area contributed by atoms with Crippen LogP contribution in [-0.2, 0) is 15.6 Å². The minimum atomic E-state index is -5.00. The van der Waals surface area contributed by atoms with E-state index in [1.54, 1.807) is 24.3 Å². The topological polar surface area (TPSA) is 115 Å². The zero-order valence-electron chi connectivity index (χ0n) is 10.3. The summed E-state index contributed by atoms with van der Waals surface area (Å²) in [4.78, 5) is 34.7. The molecule has 8 heteroatoms. The molecule has 6 nitrogen and oxygen atoms in total. The summed E-state index contributed by atoms with van der Waals surface area (Å²) in [6.07, 6.45) is 1.03. The standard InChI is InChI=1S/C11H16O6P2/c1-3-9-6-4-5-7-10(9)8-11(2,18(12,13)14)19(15,16)17/h3-7H,1,8H2,2H3,(H2,12,13,14)(H2,15,16,17). The van der Waals surface area contributed by atoms with Crippen LogP contribution in [0, 0.1) is 0 Å². The van der Waals surface area contributed by atoms with Crippen molar-refractivity contribution in [3.8, 4) is 0 Å². The smallest absolute Gasteiger partial charge is 0.324 e. The van der Waals surface area contributed by atoms with Gasteiger partial charge in [-0.2, -0.15) is 0 Å². The average Bonchev–Trinajstić information content (AvgIpc) is 2.26. The lowest BCUT2D eigenvalue weighted by atomic mass is 10.0. The van der Waals surface area contributed by atoms with Crippen molar-refractivity contribution >= 4 is 21.3 Å². The van der Waals surface area contributed by atoms with Crippen LogP contribution in [0.2, 0.25) is 0 Å². The summed E-state index contributed by atoms with van der Waals surface area (Å²) in [7, 11) is -10.0. The first kappa shape index (κ1) is 16.3. The van der Waals surface area contributed by atoms with Crippen molar-refractivity contribution in [3.63, 3.8) is 0 Å². The Labute approximate surface area is 111 Å². The van der Waals surface area contributed by atoms with Crippen LogP contribution in [0.25, 0.3) is 6.08 Å². The molecule has 0 bridgehead atoms. The molecule has 0 aliphatic rings. The van der Waals surface area contributed by atoms with Gasteiger partial charge in [-0.25, -0.2) is 0 Å². The van der Waals surface area contributed by atoms with Crippen molar-refractivity contribution in [2.24, 2.45) is 0 Å². The van der Waals surface area contributed by atoms with Gasteiger partial charge >= 0.3 is 15.2 Å². The van der Waals surface area contributed by atoms with Crippen molar-refractivity contribution in [1.82, 2.24) is 0 Å². The lowest BCUT2D eigenvalue weighted by Gasteiger charge is -2.31. The third kappa shape index (κ3) is 3.23. The van der Waals surface area contributed by atoms with Crippen LogP contribution in [-0.4, -0.2) is 24.5 Å². The van der Waals surface area contributed by atoms with Crippen LogP contribution in [0.4, 0.5) is 0 Å². The number of hydrogen-bond donors (Lipinski definition) is 4. The molecule has 1 aromatic carbocycles. The molecule has 0 unspecified atom stereocenters. The fourth-order valence-corrected chi connectivity index (χ4v) is 3.74. The van der Waals surface area contributed by atoms with Crippen molar-refractivity contribution in [3.05, 3.63) is 42.0 Å². The third-order valence-electron chi connectivity index (χ3n) is 3.06. The van der Waals surface area contributed by atoms with Gasteiger partial charge in [0.1, 0.15) is 0 Å². The largest absolute Gasteiger partial charge is 0.343 e. The Hall–Kier alpha value is -0.740. The lowest BCUT2D eigenvalue weighted by Crippen LogP contribution is -2.28. The highest BCUT2D eigenvalue weighted by atomic mass is 31.2. The van der Waals surface area contributed by atoms with Crippen LogP contribution in [0.15, 0.2) is 30.8 Å². The van der Waals surface area contributed by atoms with E-state index >= 15 is 0 Å². The quantitative estimate of drug-likeness (QED) is 0.618. The van der Waals surface area contributed by atoms with Gasteiger partial charge < -0.3 is 19.6 Å². The zero-order valence-corrected chi connectivity index (χ0v) is 12.1. The normalized spacial score (nSPS) is 13.3. The molecule has 0 radical (unpaired) electrons. The summed E-state index contributed by atoms with van der Waals surface area (Å²) in [5.41, 5.74) is 1.00. The fraction of sp³-hybridized carbons (Fsp3) is 0.273. The molecule has 0 aliphatic heterocycles. The second-order valence-electron chi connectivity index (χ2n) is 4.38. The molecule has 0 saturated heterocycles. The molecule has 0 aliphatic carbocycles. The van der Waals surface area contributed by atoms with Crippen molar-refractivity contribution < 1.29 is 28.7 Å². The minimum Gasteiger partial charge on any atom is -0.324 e. The number of rotatable bonds is 5. The van der Waals surface area contributed by atoms with Crippen molar-refractivity contribution in [1.29, 1.82) is 0 Å². The van der Waals surface area contributed by atoms with E-state index in [-0.39, 0.29) is 0 Å². The van der Waals surface area contributed by atoms with Crippen LogP contribution in [0.5, 0.6) is 0 Å². The average molecular weight is 306 g/mol. The Kier molecular flexibility index (Phi) is 4.58. The van der Waals surface area contributed by atoms with E-state index in [0.717, 1.165) is 6.92 Å². The second kappa shape index (κ2) is 5.33. The van der Waals surface area contributed by atoms with Gasteiger partial charge in [-0.15, -0.1) is 0 Å². The fourth-order valence-electron chi connectivity index (χ4n) is 1.63. The molecule has 19 heavy (non-hydrogen) atoms. The maximum atomic E-state index is 11.5. The first-order valence-corrected chi connectivity index (χ1v) is 8.57. The van der Waals surface area contributed by atoms with Gasteiger partial charge in [-0.3, -0.25) is 9.13 Å². The van der Waals surface area contributed by atoms with Crippen LogP contribution in [0.1, 0.15) is 18.1 Å². The monoisotopic (exact) mass is 306 g/mol. The second-order valence-corrected chi connectivity index (χ2v) is 8.89. The molecule has 0 aromatic heterocycles. The molecule has 1 aromatic rings. The first-order valence-electron chi connectivity index (χ1n) is 5.34. The highest BCUT2D eigenvalue weighted by molar-refractivity contribution is 7.72. The van der Waals surface area contributed by atoms with E-state index < -0.39 is 26.5 Å². The Morgan fingerprint density at radius 2 is 1.63 bits per heavy atom. The van der Waals surface area contributed by atoms with E-state index in [1.165, 1.54) is 6.08 Å². The molecule has 1 rings (SSSR count). The van der Waals surface area contributed by atoms with Crippen molar-refractivity contribution in [2.75, 3.05) is 0 Å². The van der Waals surface area contributed by atoms with Gasteiger partial charge in [-0.1, -0.05) is 36.9 Å². The molecule has 4 N–H and O–H groups in total. The Balaban J connectivity index is 3.36. The van der Waals surface area contributed by atoms with Gasteiger partial charge in [0.05, 0.1) is 0 Å². The molecular weight excluding hydrogens is 290 g/mol. The maximum absolute atomic E-state index is 11.5. The SMILES string of the molecule is C=Cc1ccccc1CC(C)(P(=O)(O)O)P(=O)(O)O. The predicted octanol–water partition coefficient (Wildman–Crippen LogP) is 1.94. The van der Waals surface area contributed by atoms with E-state index in [0.29, 0.717) is 11.1 Å². The lowest BCUT2D eigenvalue weighted by molar-refractivity contribution is 0.312. The van der Waals surface area contributed by atoms with Crippen LogP contribution in [0.3, 0.4) is 0 Å². The summed E-state index contributed by atoms with van der Waals surface area (Å²) < 4.78 is 23.0. The molecular formula is C11H16O6P2. The third-order valence-corrected chi connectivity index (χ3v) is 7.44. The van der Waals surface area contributed by atoms with Gasteiger partial charge in [-0.05, 0) is 18.1 Å². The Morgan fingerprint density at radius 1 is 1.16 bits per heavy atom. The van der Waals surface area contributed by atoms with E-state index in [4.69, 9.17) is 0 Å². The highest BCUT2D eigenvalue weighted by Gasteiger charge is 2.56. The molecule has 0 amide bonds. The summed E-state index contributed by atoms with van der Waals surface area (Å²) in [5.74, 6) is 0. The first-order chi connectivity index (χ1) is 8.53. The van der Waals surface area contributed by atoms with Gasteiger partial charge in [0, 0.05) is 6.42 Å². The molecule has 0 heterocycles. The Bertz CT molecular complexity index is 548. The molecule has 0 fully saturated rings. The highest BCUT2D eigenvalue weighted by Crippen LogP contribution is 2.69. The minimum absolute atomic E-state index is 0.423. The van der Waals surface area contributed by atoms with Crippen LogP contribution >= 0.6 is 15.2 Å². The predicted molar refractivity (Wildman–Crippen MR) is 72.7 cm³/mol. The zero-order chi connectivity index (χ0) is 14.9. The Morgan fingerprint density at radius 3 is 2.05 bits per heavy atom. The van der Waals surface area contributed by atoms with Gasteiger partial charge in [0.25, 0.3) is 0 Å². The molecule has 106 valence electrons. The van der Waals surface area contributed by atoms with E-state index in [2.05, 4.69) is 6.58 Å². The molecule has 0 spiro atoms. The number of benzene rings is 1. The summed E-state index contributed by atoms with van der Waals surface area (Å²) >= 11 is 0. The summed E-state index contributed by atoms with van der Waals surface area (Å²) in [5, 5.41) is 0. The molecule has 0 atom stereocenters. The number of hydrogen-bond acceptors (Lipinski definition) is 2. The van der Waals surface area contributed by atoms with E-state index in [9.17, 15) is 28.7 Å². The summed E-state index contributed by atoms with van der Waals surface area (Å²) in [6.45, 7) is 4.46. The van der Waals surface area contributed by atoms with Crippen molar-refractivity contribution in [2.45, 2.75) is 18.2 Å². The van der Waals surface area contributed by atoms with Crippen LogP contribution < -0.4 is 0 Å². The van der Waals surface area contributed by atoms with Gasteiger partial charge in [0.15, 0.2) is 4.90 Å². The maximum Gasteiger partial charge on any atom is 0.343 e. The summed E-state index contributed by atoms with van der Waals surface area (Å²) in [6, 6.07) is 6.54. The van der Waals surface area contributed by atoms with E-state index in [1.807, 2.05) is 0 Å². The van der Waals surface area contributed by atoms with Gasteiger partial charge in [0.2, 0.25) is 0 Å².